The summed E-state index contributed by atoms with van der Waals surface area (Å²) in [7, 11) is 0. The van der Waals surface area contributed by atoms with E-state index in [-0.39, 0.29) is 5.82 Å². The van der Waals surface area contributed by atoms with Crippen LogP contribution in [0.5, 0.6) is 0 Å². The van der Waals surface area contributed by atoms with Crippen LogP contribution in [0.25, 0.3) is 10.9 Å². The van der Waals surface area contributed by atoms with E-state index >= 15 is 0 Å². The number of carbonyl (C=O) groups is 1. The van der Waals surface area contributed by atoms with Crippen LogP contribution in [-0.2, 0) is 6.54 Å². The molecule has 2 aromatic carbocycles. The second-order valence-electron chi connectivity index (χ2n) is 4.70. The molecular weight excluding hydrogens is 357 g/mol. The van der Waals surface area contributed by atoms with Crippen LogP contribution < -0.4 is 0 Å². The van der Waals surface area contributed by atoms with Gasteiger partial charge in [0.25, 0.3) is 0 Å². The predicted octanol–water partition coefficient (Wildman–Crippen LogP) is 5.06. The number of carbonyl (C=O) groups excluding carboxylic acids is 1. The van der Waals surface area contributed by atoms with Gasteiger partial charge in [-0.2, -0.15) is 0 Å². The predicted molar refractivity (Wildman–Crippen MR) is 85.5 cm³/mol. The van der Waals surface area contributed by atoms with Crippen molar-refractivity contribution < 1.29 is 9.18 Å². The fraction of sp³-hybridized carbons (Fsp3) is 0.0625. The molecule has 0 fully saturated rings. The molecule has 1 heterocycles. The zero-order chi connectivity index (χ0) is 15.0. The number of hydrogen-bond donors (Lipinski definition) is 0. The van der Waals surface area contributed by atoms with Gasteiger partial charge in [-0.1, -0.05) is 29.8 Å². The number of rotatable bonds is 3. The molecule has 3 rings (SSSR count). The zero-order valence-corrected chi connectivity index (χ0v) is 13.2. The van der Waals surface area contributed by atoms with Crippen molar-refractivity contribution in [2.24, 2.45) is 0 Å². The molecule has 0 spiro atoms. The van der Waals surface area contributed by atoms with E-state index in [1.807, 2.05) is 16.7 Å². The minimum Gasteiger partial charge on any atom is -0.342 e. The van der Waals surface area contributed by atoms with Crippen molar-refractivity contribution in [3.8, 4) is 0 Å². The Bertz CT molecular complexity index is 844. The van der Waals surface area contributed by atoms with Crippen molar-refractivity contribution in [3.63, 3.8) is 0 Å². The largest absolute Gasteiger partial charge is 0.342 e. The molecule has 0 aliphatic heterocycles. The van der Waals surface area contributed by atoms with Crippen LogP contribution in [0, 0.1) is 5.82 Å². The average Bonchev–Trinajstić information content (AvgIpc) is 2.81. The molecule has 5 heteroatoms. The maximum atomic E-state index is 13.6. The molecule has 0 radical (unpaired) electrons. The highest BCUT2D eigenvalue weighted by Gasteiger charge is 2.11. The molecule has 0 saturated heterocycles. The van der Waals surface area contributed by atoms with E-state index in [0.717, 1.165) is 22.8 Å². The van der Waals surface area contributed by atoms with E-state index in [0.29, 0.717) is 21.6 Å². The first-order valence-corrected chi connectivity index (χ1v) is 7.43. The van der Waals surface area contributed by atoms with E-state index < -0.39 is 0 Å². The summed E-state index contributed by atoms with van der Waals surface area (Å²) in [6.07, 6.45) is 2.57. The van der Waals surface area contributed by atoms with Crippen molar-refractivity contribution in [2.45, 2.75) is 6.54 Å². The molecule has 21 heavy (non-hydrogen) atoms. The van der Waals surface area contributed by atoms with Crippen molar-refractivity contribution in [2.75, 3.05) is 0 Å². The lowest BCUT2D eigenvalue weighted by Crippen LogP contribution is -2.00. The highest BCUT2D eigenvalue weighted by molar-refractivity contribution is 9.10. The Kier molecular flexibility index (Phi) is 3.83. The summed E-state index contributed by atoms with van der Waals surface area (Å²) < 4.78 is 15.9. The van der Waals surface area contributed by atoms with Crippen LogP contribution in [0.15, 0.2) is 47.1 Å². The molecule has 0 amide bonds. The van der Waals surface area contributed by atoms with Crippen molar-refractivity contribution >= 4 is 44.7 Å². The maximum absolute atomic E-state index is 13.6. The lowest BCUT2D eigenvalue weighted by molar-refractivity contribution is 0.112. The molecular formula is C16H10BrClFNO. The minimum absolute atomic E-state index is 0.308. The standard InChI is InChI=1S/C16H10BrClFNO/c17-16-10(2-1-3-14(16)19)7-20-8-11(9-21)13-5-4-12(18)6-15(13)20/h1-6,8-9H,7H2. The maximum Gasteiger partial charge on any atom is 0.152 e. The van der Waals surface area contributed by atoms with Crippen molar-refractivity contribution in [1.82, 2.24) is 4.57 Å². The Hall–Kier alpha value is -1.65. The smallest absolute Gasteiger partial charge is 0.152 e. The van der Waals surface area contributed by atoms with E-state index in [1.54, 1.807) is 24.4 Å². The van der Waals surface area contributed by atoms with Crippen LogP contribution in [0.4, 0.5) is 4.39 Å². The molecule has 0 bridgehead atoms. The van der Waals surface area contributed by atoms with E-state index in [2.05, 4.69) is 15.9 Å². The van der Waals surface area contributed by atoms with Gasteiger partial charge in [0.05, 0.1) is 9.99 Å². The van der Waals surface area contributed by atoms with E-state index in [9.17, 15) is 9.18 Å². The van der Waals surface area contributed by atoms with Gasteiger partial charge in [-0.3, -0.25) is 4.79 Å². The van der Waals surface area contributed by atoms with Crippen LogP contribution in [0.2, 0.25) is 5.02 Å². The molecule has 0 aliphatic rings. The summed E-state index contributed by atoms with van der Waals surface area (Å²) in [4.78, 5) is 11.2. The number of aldehydes is 1. The molecule has 106 valence electrons. The number of aromatic nitrogens is 1. The summed E-state index contributed by atoms with van der Waals surface area (Å²) >= 11 is 9.29. The third-order valence-electron chi connectivity index (χ3n) is 3.37. The summed E-state index contributed by atoms with van der Waals surface area (Å²) in [6, 6.07) is 10.3. The van der Waals surface area contributed by atoms with Crippen molar-refractivity contribution in [1.29, 1.82) is 0 Å². The van der Waals surface area contributed by atoms with Gasteiger partial charge in [-0.05, 0) is 39.7 Å². The van der Waals surface area contributed by atoms with Gasteiger partial charge >= 0.3 is 0 Å². The Morgan fingerprint density at radius 1 is 1.29 bits per heavy atom. The minimum atomic E-state index is -0.308. The molecule has 1 aromatic heterocycles. The number of benzene rings is 2. The highest BCUT2D eigenvalue weighted by Crippen LogP contribution is 2.27. The fourth-order valence-electron chi connectivity index (χ4n) is 2.37. The number of fused-ring (bicyclic) bond motifs is 1. The van der Waals surface area contributed by atoms with E-state index in [1.165, 1.54) is 6.07 Å². The Morgan fingerprint density at radius 3 is 2.86 bits per heavy atom. The van der Waals surface area contributed by atoms with Gasteiger partial charge in [0.1, 0.15) is 5.82 Å². The molecule has 0 saturated carbocycles. The first kappa shape index (κ1) is 14.3. The zero-order valence-electron chi connectivity index (χ0n) is 10.8. The average molecular weight is 367 g/mol. The number of nitrogens with zero attached hydrogens (tertiary/aromatic N) is 1. The molecule has 2 nitrogen and oxygen atoms in total. The summed E-state index contributed by atoms with van der Waals surface area (Å²) in [5.74, 6) is -0.308. The molecule has 3 aromatic rings. The second kappa shape index (κ2) is 5.62. The quantitative estimate of drug-likeness (QED) is 0.594. The highest BCUT2D eigenvalue weighted by atomic mass is 79.9. The van der Waals surface area contributed by atoms with Gasteiger partial charge in [0.15, 0.2) is 6.29 Å². The Balaban J connectivity index is 2.14. The monoisotopic (exact) mass is 365 g/mol. The molecule has 0 unspecified atom stereocenters. The van der Waals surface area contributed by atoms with Crippen LogP contribution in [-0.4, -0.2) is 10.9 Å². The Morgan fingerprint density at radius 2 is 2.10 bits per heavy atom. The fourth-order valence-corrected chi connectivity index (χ4v) is 2.93. The first-order chi connectivity index (χ1) is 10.1. The molecule has 0 N–H and O–H groups in total. The molecule has 0 aliphatic carbocycles. The van der Waals surface area contributed by atoms with Crippen LogP contribution in [0.3, 0.4) is 0 Å². The van der Waals surface area contributed by atoms with Gasteiger partial charge in [-0.15, -0.1) is 0 Å². The number of halogens is 3. The van der Waals surface area contributed by atoms with E-state index in [4.69, 9.17) is 11.6 Å². The second-order valence-corrected chi connectivity index (χ2v) is 5.93. The third kappa shape index (κ3) is 2.61. The molecule has 0 atom stereocenters. The normalized spacial score (nSPS) is 11.0. The summed E-state index contributed by atoms with van der Waals surface area (Å²) in [6.45, 7) is 0.447. The van der Waals surface area contributed by atoms with Gasteiger partial charge in [0.2, 0.25) is 0 Å². The Labute approximate surface area is 134 Å². The lowest BCUT2D eigenvalue weighted by Gasteiger charge is -2.08. The van der Waals surface area contributed by atoms with Gasteiger partial charge < -0.3 is 4.57 Å². The third-order valence-corrected chi connectivity index (χ3v) is 4.50. The lowest BCUT2D eigenvalue weighted by atomic mass is 10.2. The van der Waals surface area contributed by atoms with Gasteiger partial charge in [-0.25, -0.2) is 4.39 Å². The SMILES string of the molecule is O=Cc1cn(Cc2cccc(F)c2Br)c2cc(Cl)ccc12. The van der Waals surface area contributed by atoms with Crippen LogP contribution >= 0.6 is 27.5 Å². The summed E-state index contributed by atoms with van der Waals surface area (Å²) in [5, 5.41) is 1.43. The first-order valence-electron chi connectivity index (χ1n) is 6.26. The number of hydrogen-bond acceptors (Lipinski definition) is 1. The summed E-state index contributed by atoms with van der Waals surface area (Å²) in [5.41, 5.74) is 2.24. The topological polar surface area (TPSA) is 22.0 Å². The van der Waals surface area contributed by atoms with Gasteiger partial charge in [0, 0.05) is 28.7 Å². The van der Waals surface area contributed by atoms with Crippen LogP contribution in [0.1, 0.15) is 15.9 Å². The van der Waals surface area contributed by atoms with Crippen molar-refractivity contribution in [3.05, 3.63) is 69.0 Å².